The first-order chi connectivity index (χ1) is 8.39. The van der Waals surface area contributed by atoms with Gasteiger partial charge in [-0.25, -0.2) is 0 Å². The van der Waals surface area contributed by atoms with E-state index in [4.69, 9.17) is 0 Å². The van der Waals surface area contributed by atoms with Gasteiger partial charge >= 0.3 is 0 Å². The number of aliphatic hydroxyl groups is 1. The van der Waals surface area contributed by atoms with Gasteiger partial charge in [-0.1, -0.05) is 27.7 Å². The molecule has 0 radical (unpaired) electrons. The predicted octanol–water partition coefficient (Wildman–Crippen LogP) is 4.16. The van der Waals surface area contributed by atoms with Crippen LogP contribution in [0.25, 0.3) is 0 Å². The zero-order valence-corrected chi connectivity index (χ0v) is 12.5. The van der Waals surface area contributed by atoms with Crippen molar-refractivity contribution >= 4 is 0 Å². The van der Waals surface area contributed by atoms with Gasteiger partial charge in [0.05, 0.1) is 6.10 Å². The third kappa shape index (κ3) is 2.23. The second-order valence-corrected chi connectivity index (χ2v) is 6.59. The van der Waals surface area contributed by atoms with Crippen LogP contribution in [0.5, 0.6) is 0 Å². The molecule has 18 heavy (non-hydrogen) atoms. The molecule has 102 valence electrons. The van der Waals surface area contributed by atoms with Crippen LogP contribution in [0.4, 0.5) is 0 Å². The van der Waals surface area contributed by atoms with Crippen molar-refractivity contribution in [3.63, 3.8) is 0 Å². The van der Waals surface area contributed by atoms with Crippen LogP contribution in [0.3, 0.4) is 0 Å². The molecule has 2 rings (SSSR count). The zero-order chi connectivity index (χ0) is 13.5. The third-order valence-corrected chi connectivity index (χ3v) is 4.43. The summed E-state index contributed by atoms with van der Waals surface area (Å²) in [5.74, 6) is 0. The molecule has 0 bridgehead atoms. The summed E-state index contributed by atoms with van der Waals surface area (Å²) in [5, 5.41) is 10.3. The Balaban J connectivity index is 2.50. The number of aliphatic hydroxyl groups excluding tert-OH is 1. The first-order valence-corrected chi connectivity index (χ1v) is 7.28. The minimum atomic E-state index is -0.280. The molecular weight excluding hydrogens is 222 g/mol. The normalized spacial score (nSPS) is 22.3. The van der Waals surface area contributed by atoms with E-state index >= 15 is 0 Å². The van der Waals surface area contributed by atoms with E-state index < -0.39 is 0 Å². The number of hydrogen-bond acceptors (Lipinski definition) is 1. The smallest absolute Gasteiger partial charge is 0.0812 e. The molecule has 1 aliphatic rings. The summed E-state index contributed by atoms with van der Waals surface area (Å²) in [5.41, 5.74) is 4.08. The number of nitrogens with zero attached hydrogens (tertiary/aromatic N) is 1. The highest BCUT2D eigenvalue weighted by Crippen LogP contribution is 2.43. The highest BCUT2D eigenvalue weighted by Gasteiger charge is 2.34. The summed E-state index contributed by atoms with van der Waals surface area (Å²) in [6, 6.07) is 2.78. The number of rotatable bonds is 3. The fraction of sp³-hybridized carbons (Fsp3) is 0.750. The Hall–Kier alpha value is -0.760. The molecule has 1 atom stereocenters. The van der Waals surface area contributed by atoms with Crippen LogP contribution in [-0.2, 0) is 6.42 Å². The van der Waals surface area contributed by atoms with E-state index in [-0.39, 0.29) is 11.5 Å². The Kier molecular flexibility index (Phi) is 3.59. The molecule has 2 heteroatoms. The molecule has 1 N–H and O–H groups in total. The van der Waals surface area contributed by atoms with Crippen LogP contribution < -0.4 is 0 Å². The number of aryl methyl sites for hydroxylation is 1. The van der Waals surface area contributed by atoms with E-state index in [1.807, 2.05) is 0 Å². The van der Waals surface area contributed by atoms with Crippen LogP contribution in [0.1, 0.15) is 76.1 Å². The van der Waals surface area contributed by atoms with Gasteiger partial charge in [0.1, 0.15) is 0 Å². The quantitative estimate of drug-likeness (QED) is 0.854. The molecule has 0 saturated carbocycles. The van der Waals surface area contributed by atoms with Crippen molar-refractivity contribution in [1.82, 2.24) is 4.57 Å². The van der Waals surface area contributed by atoms with Gasteiger partial charge in [0.15, 0.2) is 0 Å². The standard InChI is InChI=1S/C16H27NO/c1-6-12(7-2)17-11(3)8-13-14(17)9-16(4,5)10-15(13)18/h8,12,15,18H,6-7,9-10H2,1-5H3. The van der Waals surface area contributed by atoms with Crippen LogP contribution >= 0.6 is 0 Å². The molecule has 0 fully saturated rings. The lowest BCUT2D eigenvalue weighted by molar-refractivity contribution is 0.0973. The number of hydrogen-bond donors (Lipinski definition) is 1. The minimum Gasteiger partial charge on any atom is -0.388 e. The highest BCUT2D eigenvalue weighted by molar-refractivity contribution is 5.33. The van der Waals surface area contributed by atoms with Crippen LogP contribution in [0.15, 0.2) is 6.07 Å². The molecule has 2 nitrogen and oxygen atoms in total. The summed E-state index contributed by atoms with van der Waals surface area (Å²) in [6.07, 6.45) is 4.01. The largest absolute Gasteiger partial charge is 0.388 e. The fourth-order valence-corrected chi connectivity index (χ4v) is 3.53. The van der Waals surface area contributed by atoms with Crippen molar-refractivity contribution in [3.8, 4) is 0 Å². The molecule has 1 aliphatic carbocycles. The van der Waals surface area contributed by atoms with Crippen molar-refractivity contribution in [2.45, 2.75) is 72.4 Å². The Labute approximate surface area is 111 Å². The van der Waals surface area contributed by atoms with Crippen molar-refractivity contribution < 1.29 is 5.11 Å². The Bertz CT molecular complexity index is 427. The van der Waals surface area contributed by atoms with Crippen LogP contribution in [-0.4, -0.2) is 9.67 Å². The van der Waals surface area contributed by atoms with Gasteiger partial charge in [-0.2, -0.15) is 0 Å². The predicted molar refractivity (Wildman–Crippen MR) is 75.8 cm³/mol. The van der Waals surface area contributed by atoms with Crippen LogP contribution in [0.2, 0.25) is 0 Å². The van der Waals surface area contributed by atoms with Gasteiger partial charge in [0.25, 0.3) is 0 Å². The van der Waals surface area contributed by atoms with Crippen molar-refractivity contribution in [3.05, 3.63) is 23.0 Å². The lowest BCUT2D eigenvalue weighted by Crippen LogP contribution is -2.27. The lowest BCUT2D eigenvalue weighted by atomic mass is 9.75. The summed E-state index contributed by atoms with van der Waals surface area (Å²) in [6.45, 7) is 11.2. The van der Waals surface area contributed by atoms with Gasteiger partial charge in [-0.3, -0.25) is 0 Å². The Morgan fingerprint density at radius 1 is 1.39 bits per heavy atom. The van der Waals surface area contributed by atoms with E-state index in [9.17, 15) is 5.11 Å². The maximum Gasteiger partial charge on any atom is 0.0812 e. The average Bonchev–Trinajstić information content (AvgIpc) is 2.58. The monoisotopic (exact) mass is 249 g/mol. The molecular formula is C16H27NO. The molecule has 0 saturated heterocycles. The van der Waals surface area contributed by atoms with Gasteiger partial charge in [0, 0.05) is 23.0 Å². The number of aromatic nitrogens is 1. The van der Waals surface area contributed by atoms with E-state index in [2.05, 4.69) is 45.3 Å². The Morgan fingerprint density at radius 3 is 2.56 bits per heavy atom. The molecule has 1 aromatic rings. The van der Waals surface area contributed by atoms with Gasteiger partial charge in [0.2, 0.25) is 0 Å². The third-order valence-electron chi connectivity index (χ3n) is 4.43. The second-order valence-electron chi connectivity index (χ2n) is 6.59. The molecule has 0 aliphatic heterocycles. The first kappa shape index (κ1) is 13.7. The highest BCUT2D eigenvalue weighted by atomic mass is 16.3. The van der Waals surface area contributed by atoms with E-state index in [0.29, 0.717) is 6.04 Å². The second kappa shape index (κ2) is 4.73. The first-order valence-electron chi connectivity index (χ1n) is 7.28. The van der Waals surface area contributed by atoms with E-state index in [1.54, 1.807) is 0 Å². The maximum absolute atomic E-state index is 10.3. The molecule has 0 spiro atoms. The minimum absolute atomic E-state index is 0.209. The Morgan fingerprint density at radius 2 is 2.00 bits per heavy atom. The maximum atomic E-state index is 10.3. The summed E-state index contributed by atoms with van der Waals surface area (Å²) < 4.78 is 2.49. The van der Waals surface area contributed by atoms with Crippen molar-refractivity contribution in [2.75, 3.05) is 0 Å². The molecule has 0 amide bonds. The van der Waals surface area contributed by atoms with Crippen molar-refractivity contribution in [1.29, 1.82) is 0 Å². The number of fused-ring (bicyclic) bond motifs is 1. The molecule has 1 aromatic heterocycles. The van der Waals surface area contributed by atoms with Gasteiger partial charge in [-0.05, 0) is 44.1 Å². The topological polar surface area (TPSA) is 25.2 Å². The van der Waals surface area contributed by atoms with Crippen molar-refractivity contribution in [2.24, 2.45) is 5.41 Å². The van der Waals surface area contributed by atoms with Gasteiger partial charge in [-0.15, -0.1) is 0 Å². The zero-order valence-electron chi connectivity index (χ0n) is 12.5. The molecule has 1 unspecified atom stereocenters. The summed E-state index contributed by atoms with van der Waals surface area (Å²) in [7, 11) is 0. The van der Waals surface area contributed by atoms with Gasteiger partial charge < -0.3 is 9.67 Å². The molecule has 0 aromatic carbocycles. The average molecular weight is 249 g/mol. The van der Waals surface area contributed by atoms with Crippen LogP contribution in [0, 0.1) is 12.3 Å². The lowest BCUT2D eigenvalue weighted by Gasteiger charge is -2.35. The van der Waals surface area contributed by atoms with E-state index in [0.717, 1.165) is 25.7 Å². The summed E-state index contributed by atoms with van der Waals surface area (Å²) in [4.78, 5) is 0. The van der Waals surface area contributed by atoms with E-state index in [1.165, 1.54) is 17.0 Å². The SMILES string of the molecule is CCC(CC)n1c(C)cc2c1CC(C)(C)CC2O. The fourth-order valence-electron chi connectivity index (χ4n) is 3.53. The molecule has 1 heterocycles. The summed E-state index contributed by atoms with van der Waals surface area (Å²) >= 11 is 0.